The van der Waals surface area contributed by atoms with Crippen LogP contribution in [-0.2, 0) is 0 Å². The number of amides is 1. The van der Waals surface area contributed by atoms with Gasteiger partial charge in [-0.15, -0.1) is 10.2 Å². The van der Waals surface area contributed by atoms with E-state index in [4.69, 9.17) is 4.74 Å². The second-order valence-corrected chi connectivity index (χ2v) is 3.46. The topological polar surface area (TPSA) is 55.3 Å². The summed E-state index contributed by atoms with van der Waals surface area (Å²) in [5, 5.41) is 7.60. The van der Waals surface area contributed by atoms with Crippen molar-refractivity contribution in [2.75, 3.05) is 20.2 Å². The molecule has 5 heteroatoms. The summed E-state index contributed by atoms with van der Waals surface area (Å²) in [5.41, 5.74) is 0.387. The molecule has 1 aliphatic rings. The van der Waals surface area contributed by atoms with Crippen LogP contribution in [0.15, 0.2) is 12.1 Å². The van der Waals surface area contributed by atoms with Gasteiger partial charge in [-0.1, -0.05) is 0 Å². The minimum Gasteiger partial charge on any atom is -0.480 e. The minimum absolute atomic E-state index is 0.0392. The zero-order valence-electron chi connectivity index (χ0n) is 8.64. The number of nitrogens with zero attached hydrogens (tertiary/aromatic N) is 3. The third kappa shape index (κ3) is 2.06. The molecule has 1 aromatic rings. The molecule has 15 heavy (non-hydrogen) atoms. The van der Waals surface area contributed by atoms with Gasteiger partial charge in [0.05, 0.1) is 7.11 Å². The molecule has 2 rings (SSSR count). The zero-order chi connectivity index (χ0) is 10.7. The van der Waals surface area contributed by atoms with Crippen LogP contribution < -0.4 is 4.74 Å². The number of carbonyl (C=O) groups excluding carboxylic acids is 1. The molecule has 0 aliphatic carbocycles. The first-order valence-corrected chi connectivity index (χ1v) is 4.98. The maximum Gasteiger partial charge on any atom is 0.274 e. The highest BCUT2D eigenvalue weighted by atomic mass is 16.5. The largest absolute Gasteiger partial charge is 0.480 e. The molecule has 0 bridgehead atoms. The van der Waals surface area contributed by atoms with Crippen LogP contribution in [0.5, 0.6) is 5.88 Å². The standard InChI is InChI=1S/C10H13N3O2/c1-15-9-5-4-8(11-12-9)10(14)13-6-2-3-7-13/h4-5H,2-3,6-7H2,1H3. The van der Waals surface area contributed by atoms with E-state index in [1.807, 2.05) is 0 Å². The Balaban J connectivity index is 2.11. The Kier molecular flexibility index (Phi) is 2.80. The van der Waals surface area contributed by atoms with Crippen LogP contribution in [0, 0.1) is 0 Å². The molecule has 0 aromatic carbocycles. The lowest BCUT2D eigenvalue weighted by Crippen LogP contribution is -2.28. The summed E-state index contributed by atoms with van der Waals surface area (Å²) in [5.74, 6) is 0.385. The van der Waals surface area contributed by atoms with Gasteiger partial charge in [0.15, 0.2) is 5.69 Å². The van der Waals surface area contributed by atoms with Crippen molar-refractivity contribution in [1.82, 2.24) is 15.1 Å². The Morgan fingerprint density at radius 1 is 1.33 bits per heavy atom. The molecule has 2 heterocycles. The summed E-state index contributed by atoms with van der Waals surface area (Å²) in [6, 6.07) is 3.29. The summed E-state index contributed by atoms with van der Waals surface area (Å²) in [7, 11) is 1.52. The summed E-state index contributed by atoms with van der Waals surface area (Å²) in [6.45, 7) is 1.65. The molecular formula is C10H13N3O2. The van der Waals surface area contributed by atoms with Crippen LogP contribution in [-0.4, -0.2) is 41.2 Å². The van der Waals surface area contributed by atoms with Crippen molar-refractivity contribution in [2.45, 2.75) is 12.8 Å². The molecule has 0 spiro atoms. The minimum atomic E-state index is -0.0392. The van der Waals surface area contributed by atoms with Crippen LogP contribution >= 0.6 is 0 Å². The number of methoxy groups -OCH3 is 1. The second kappa shape index (κ2) is 4.25. The van der Waals surface area contributed by atoms with Crippen LogP contribution in [0.2, 0.25) is 0 Å². The predicted octanol–water partition coefficient (Wildman–Crippen LogP) is 0.721. The van der Waals surface area contributed by atoms with Crippen molar-refractivity contribution in [3.05, 3.63) is 17.8 Å². The average molecular weight is 207 g/mol. The number of carbonyl (C=O) groups is 1. The highest BCUT2D eigenvalue weighted by Crippen LogP contribution is 2.12. The lowest BCUT2D eigenvalue weighted by molar-refractivity contribution is 0.0785. The predicted molar refractivity (Wildman–Crippen MR) is 53.7 cm³/mol. The molecule has 1 fully saturated rings. The van der Waals surface area contributed by atoms with E-state index in [1.54, 1.807) is 17.0 Å². The molecule has 1 aliphatic heterocycles. The summed E-state index contributed by atoms with van der Waals surface area (Å²) >= 11 is 0. The van der Waals surface area contributed by atoms with Crippen molar-refractivity contribution in [3.63, 3.8) is 0 Å². The van der Waals surface area contributed by atoms with Crippen LogP contribution in [0.25, 0.3) is 0 Å². The molecule has 0 N–H and O–H groups in total. The van der Waals surface area contributed by atoms with E-state index in [0.29, 0.717) is 11.6 Å². The highest BCUT2D eigenvalue weighted by Gasteiger charge is 2.20. The number of aromatic nitrogens is 2. The number of ether oxygens (including phenoxy) is 1. The van der Waals surface area contributed by atoms with E-state index in [1.165, 1.54) is 7.11 Å². The Labute approximate surface area is 88.1 Å². The fourth-order valence-corrected chi connectivity index (χ4v) is 1.63. The maximum atomic E-state index is 11.8. The van der Waals surface area contributed by atoms with E-state index in [9.17, 15) is 4.79 Å². The van der Waals surface area contributed by atoms with E-state index in [0.717, 1.165) is 25.9 Å². The zero-order valence-corrected chi connectivity index (χ0v) is 8.64. The van der Waals surface area contributed by atoms with Gasteiger partial charge >= 0.3 is 0 Å². The summed E-state index contributed by atoms with van der Waals surface area (Å²) in [4.78, 5) is 13.6. The number of hydrogen-bond donors (Lipinski definition) is 0. The molecule has 5 nitrogen and oxygen atoms in total. The normalized spacial score (nSPS) is 15.4. The molecule has 0 radical (unpaired) electrons. The molecule has 0 atom stereocenters. The van der Waals surface area contributed by atoms with Gasteiger partial charge in [-0.25, -0.2) is 0 Å². The van der Waals surface area contributed by atoms with Crippen molar-refractivity contribution < 1.29 is 9.53 Å². The molecule has 1 amide bonds. The smallest absolute Gasteiger partial charge is 0.274 e. The van der Waals surface area contributed by atoms with Gasteiger partial charge in [0.2, 0.25) is 5.88 Å². The van der Waals surface area contributed by atoms with Gasteiger partial charge in [-0.05, 0) is 18.9 Å². The van der Waals surface area contributed by atoms with Crippen molar-refractivity contribution in [3.8, 4) is 5.88 Å². The maximum absolute atomic E-state index is 11.8. The van der Waals surface area contributed by atoms with Crippen molar-refractivity contribution in [2.24, 2.45) is 0 Å². The fourth-order valence-electron chi connectivity index (χ4n) is 1.63. The van der Waals surface area contributed by atoms with Crippen molar-refractivity contribution >= 4 is 5.91 Å². The van der Waals surface area contributed by atoms with Crippen molar-refractivity contribution in [1.29, 1.82) is 0 Å². The van der Waals surface area contributed by atoms with Gasteiger partial charge in [0, 0.05) is 19.2 Å². The Morgan fingerprint density at radius 3 is 2.60 bits per heavy atom. The molecule has 1 aromatic heterocycles. The third-order valence-electron chi connectivity index (χ3n) is 2.46. The molecule has 1 saturated heterocycles. The van der Waals surface area contributed by atoms with Gasteiger partial charge in [0.25, 0.3) is 5.91 Å². The lowest BCUT2D eigenvalue weighted by Gasteiger charge is -2.13. The van der Waals surface area contributed by atoms with E-state index in [2.05, 4.69) is 10.2 Å². The number of rotatable bonds is 2. The summed E-state index contributed by atoms with van der Waals surface area (Å²) < 4.78 is 4.88. The van der Waals surface area contributed by atoms with Gasteiger partial charge < -0.3 is 9.64 Å². The molecule has 80 valence electrons. The monoisotopic (exact) mass is 207 g/mol. The quantitative estimate of drug-likeness (QED) is 0.717. The van der Waals surface area contributed by atoms with E-state index < -0.39 is 0 Å². The van der Waals surface area contributed by atoms with Gasteiger partial charge in [-0.2, -0.15) is 0 Å². The Hall–Kier alpha value is -1.65. The molecular weight excluding hydrogens is 194 g/mol. The van der Waals surface area contributed by atoms with Crippen LogP contribution in [0.1, 0.15) is 23.3 Å². The number of hydrogen-bond acceptors (Lipinski definition) is 4. The number of likely N-dealkylation sites (tertiary alicyclic amines) is 1. The second-order valence-electron chi connectivity index (χ2n) is 3.46. The molecule has 0 saturated carbocycles. The van der Waals surface area contributed by atoms with E-state index in [-0.39, 0.29) is 5.91 Å². The fraction of sp³-hybridized carbons (Fsp3) is 0.500. The molecule has 0 unspecified atom stereocenters. The lowest BCUT2D eigenvalue weighted by atomic mass is 10.3. The first kappa shape index (κ1) is 9.89. The Bertz CT molecular complexity index is 344. The highest BCUT2D eigenvalue weighted by molar-refractivity contribution is 5.92. The third-order valence-corrected chi connectivity index (χ3v) is 2.46. The van der Waals surface area contributed by atoms with Gasteiger partial charge in [-0.3, -0.25) is 4.79 Å². The van der Waals surface area contributed by atoms with E-state index >= 15 is 0 Å². The SMILES string of the molecule is COc1ccc(C(=O)N2CCCC2)nn1. The first-order valence-electron chi connectivity index (χ1n) is 4.98. The first-order chi connectivity index (χ1) is 7.31. The Morgan fingerprint density at radius 2 is 2.07 bits per heavy atom. The van der Waals surface area contributed by atoms with Crippen LogP contribution in [0.4, 0.5) is 0 Å². The van der Waals surface area contributed by atoms with Crippen LogP contribution in [0.3, 0.4) is 0 Å². The summed E-state index contributed by atoms with van der Waals surface area (Å²) in [6.07, 6.45) is 2.16. The average Bonchev–Trinajstić information content (AvgIpc) is 2.82. The van der Waals surface area contributed by atoms with Gasteiger partial charge in [0.1, 0.15) is 0 Å².